The fourth-order valence-corrected chi connectivity index (χ4v) is 4.61. The number of fused-ring (bicyclic) bond motifs is 1. The van der Waals surface area contributed by atoms with E-state index < -0.39 is 10.0 Å². The maximum atomic E-state index is 12.0. The quantitative estimate of drug-likeness (QED) is 0.774. The van der Waals surface area contributed by atoms with Crippen molar-refractivity contribution in [3.63, 3.8) is 0 Å². The maximum Gasteiger partial charge on any atom is 0.285 e. The van der Waals surface area contributed by atoms with Crippen LogP contribution in [-0.2, 0) is 10.0 Å². The van der Waals surface area contributed by atoms with Crippen molar-refractivity contribution in [1.82, 2.24) is 4.90 Å². The van der Waals surface area contributed by atoms with E-state index in [4.69, 9.17) is 0 Å². The monoisotopic (exact) mass is 342 g/mol. The highest BCUT2D eigenvalue weighted by molar-refractivity contribution is 9.09. The Morgan fingerprint density at radius 2 is 2.16 bits per heavy atom. The minimum Gasteiger partial charge on any atom is -0.355 e. The van der Waals surface area contributed by atoms with Gasteiger partial charge in [-0.1, -0.05) is 28.1 Å². The van der Waals surface area contributed by atoms with Gasteiger partial charge in [-0.15, -0.1) is 4.40 Å². The highest BCUT2D eigenvalue weighted by atomic mass is 79.9. The van der Waals surface area contributed by atoms with Crippen molar-refractivity contribution in [2.75, 3.05) is 18.4 Å². The molecule has 0 spiro atoms. The Labute approximate surface area is 121 Å². The van der Waals surface area contributed by atoms with E-state index in [-0.39, 0.29) is 0 Å². The minimum atomic E-state index is -3.48. The van der Waals surface area contributed by atoms with E-state index >= 15 is 0 Å². The first-order valence-corrected chi connectivity index (χ1v) is 8.93. The van der Waals surface area contributed by atoms with Gasteiger partial charge in [-0.3, -0.25) is 0 Å². The topological polar surface area (TPSA) is 49.7 Å². The minimum absolute atomic E-state index is 0.342. The number of hydrogen-bond donors (Lipinski definition) is 0. The smallest absolute Gasteiger partial charge is 0.285 e. The molecule has 0 N–H and O–H groups in total. The molecule has 1 saturated heterocycles. The molecule has 19 heavy (non-hydrogen) atoms. The van der Waals surface area contributed by atoms with Crippen LogP contribution in [0.25, 0.3) is 0 Å². The Morgan fingerprint density at radius 1 is 1.37 bits per heavy atom. The van der Waals surface area contributed by atoms with E-state index in [2.05, 4.69) is 25.2 Å². The average Bonchev–Trinajstić information content (AvgIpc) is 2.94. The van der Waals surface area contributed by atoms with Gasteiger partial charge in [0.15, 0.2) is 5.84 Å². The van der Waals surface area contributed by atoms with Crippen molar-refractivity contribution in [3.05, 3.63) is 29.8 Å². The number of benzene rings is 1. The zero-order valence-corrected chi connectivity index (χ0v) is 12.8. The Balaban J connectivity index is 1.91. The number of amidine groups is 1. The van der Waals surface area contributed by atoms with Crippen molar-refractivity contribution in [2.45, 2.75) is 17.7 Å². The van der Waals surface area contributed by atoms with Crippen LogP contribution in [0, 0.1) is 5.92 Å². The number of sulfonamides is 1. The zero-order chi connectivity index (χ0) is 13.5. The second-order valence-corrected chi connectivity index (χ2v) is 7.33. The Morgan fingerprint density at radius 3 is 2.95 bits per heavy atom. The average molecular weight is 343 g/mol. The van der Waals surface area contributed by atoms with Crippen LogP contribution in [0.3, 0.4) is 0 Å². The van der Waals surface area contributed by atoms with Gasteiger partial charge >= 0.3 is 0 Å². The van der Waals surface area contributed by atoms with Crippen LogP contribution < -0.4 is 0 Å². The van der Waals surface area contributed by atoms with Crippen LogP contribution in [0.15, 0.2) is 33.6 Å². The van der Waals surface area contributed by atoms with E-state index in [0.717, 1.165) is 36.8 Å². The fraction of sp³-hybridized carbons (Fsp3) is 0.462. The summed E-state index contributed by atoms with van der Waals surface area (Å²) in [5, 5.41) is 0.993. The summed E-state index contributed by atoms with van der Waals surface area (Å²) in [4.78, 5) is 2.45. The highest BCUT2D eigenvalue weighted by Gasteiger charge is 2.34. The standard InChI is InChI=1S/C13H15BrN2O2S/c14-7-5-10-6-8-16(9-10)13-11-3-1-2-4-12(11)19(17,18)15-13/h1-4,10H,5-9H2. The summed E-state index contributed by atoms with van der Waals surface area (Å²) >= 11 is 3.46. The molecule has 1 atom stereocenters. The van der Waals surface area contributed by atoms with Crippen LogP contribution in [0.2, 0.25) is 0 Å². The second kappa shape index (κ2) is 4.90. The van der Waals surface area contributed by atoms with E-state index in [9.17, 15) is 8.42 Å². The SMILES string of the molecule is O=S1(=O)N=C(N2CCC(CCBr)C2)c2ccccc21. The first-order chi connectivity index (χ1) is 9.12. The van der Waals surface area contributed by atoms with Gasteiger partial charge in [0.2, 0.25) is 0 Å². The van der Waals surface area contributed by atoms with Gasteiger partial charge in [-0.2, -0.15) is 8.42 Å². The van der Waals surface area contributed by atoms with Gasteiger partial charge in [-0.05, 0) is 30.9 Å². The molecule has 3 rings (SSSR count). The Bertz CT molecular complexity index is 627. The zero-order valence-electron chi connectivity index (χ0n) is 10.4. The molecule has 0 aliphatic carbocycles. The molecule has 2 aliphatic rings. The lowest BCUT2D eigenvalue weighted by molar-refractivity contribution is 0.476. The largest absolute Gasteiger partial charge is 0.355 e. The summed E-state index contributed by atoms with van der Waals surface area (Å²) in [5.41, 5.74) is 0.752. The molecule has 1 aromatic carbocycles. The van der Waals surface area contributed by atoms with Crippen molar-refractivity contribution in [2.24, 2.45) is 10.3 Å². The highest BCUT2D eigenvalue weighted by Crippen LogP contribution is 2.30. The van der Waals surface area contributed by atoms with E-state index in [1.165, 1.54) is 0 Å². The van der Waals surface area contributed by atoms with Crippen molar-refractivity contribution in [1.29, 1.82) is 0 Å². The Kier molecular flexibility index (Phi) is 3.39. The summed E-state index contributed by atoms with van der Waals surface area (Å²) in [6.45, 7) is 1.79. The molecular formula is C13H15BrN2O2S. The number of likely N-dealkylation sites (tertiary alicyclic amines) is 1. The molecule has 0 bridgehead atoms. The molecule has 1 aromatic rings. The van der Waals surface area contributed by atoms with Crippen molar-refractivity contribution >= 4 is 31.8 Å². The normalized spacial score (nSPS) is 24.4. The third-order valence-corrected chi connectivity index (χ3v) is 5.50. The third kappa shape index (κ3) is 2.31. The van der Waals surface area contributed by atoms with Crippen LogP contribution in [0.5, 0.6) is 0 Å². The van der Waals surface area contributed by atoms with Gasteiger partial charge < -0.3 is 4.90 Å². The van der Waals surface area contributed by atoms with Crippen molar-refractivity contribution in [3.8, 4) is 0 Å². The lowest BCUT2D eigenvalue weighted by Crippen LogP contribution is -2.28. The molecule has 0 amide bonds. The van der Waals surface area contributed by atoms with Crippen LogP contribution in [-0.4, -0.2) is 37.6 Å². The van der Waals surface area contributed by atoms with Gasteiger partial charge in [0.05, 0.1) is 0 Å². The molecule has 2 heterocycles. The number of nitrogens with zero attached hydrogens (tertiary/aromatic N) is 2. The number of hydrogen-bond acceptors (Lipinski definition) is 3. The third-order valence-electron chi connectivity index (χ3n) is 3.72. The van der Waals surface area contributed by atoms with E-state index in [1.54, 1.807) is 12.1 Å². The molecule has 4 nitrogen and oxygen atoms in total. The summed E-state index contributed by atoms with van der Waals surface area (Å²) < 4.78 is 28.0. The van der Waals surface area contributed by atoms with Crippen molar-refractivity contribution < 1.29 is 8.42 Å². The lowest BCUT2D eigenvalue weighted by Gasteiger charge is -2.18. The van der Waals surface area contributed by atoms with Gasteiger partial charge in [0, 0.05) is 24.0 Å². The first kappa shape index (κ1) is 13.1. The predicted octanol–water partition coefficient (Wildman–Crippen LogP) is 2.24. The number of alkyl halides is 1. The summed E-state index contributed by atoms with van der Waals surface area (Å²) in [7, 11) is -3.48. The maximum absolute atomic E-state index is 12.0. The molecule has 102 valence electrons. The first-order valence-electron chi connectivity index (χ1n) is 6.37. The summed E-state index contributed by atoms with van der Waals surface area (Å²) in [5.74, 6) is 1.25. The van der Waals surface area contributed by atoms with Crippen LogP contribution >= 0.6 is 15.9 Å². The van der Waals surface area contributed by atoms with E-state index in [0.29, 0.717) is 16.6 Å². The van der Waals surface area contributed by atoms with E-state index in [1.807, 2.05) is 12.1 Å². The van der Waals surface area contributed by atoms with Crippen LogP contribution in [0.1, 0.15) is 18.4 Å². The molecule has 1 unspecified atom stereocenters. The number of rotatable bonds is 2. The predicted molar refractivity (Wildman–Crippen MR) is 78.3 cm³/mol. The molecule has 0 saturated carbocycles. The molecule has 0 aromatic heterocycles. The molecule has 1 fully saturated rings. The van der Waals surface area contributed by atoms with Gasteiger partial charge in [0.1, 0.15) is 4.90 Å². The second-order valence-electron chi connectivity index (χ2n) is 4.96. The number of halogens is 1. The molecular weight excluding hydrogens is 328 g/mol. The fourth-order valence-electron chi connectivity index (χ4n) is 2.73. The summed E-state index contributed by atoms with van der Waals surface area (Å²) in [6, 6.07) is 7.08. The Hall–Kier alpha value is -0.880. The summed E-state index contributed by atoms with van der Waals surface area (Å²) in [6.07, 6.45) is 2.23. The lowest BCUT2D eigenvalue weighted by atomic mass is 10.1. The molecule has 2 aliphatic heterocycles. The molecule has 0 radical (unpaired) electrons. The van der Waals surface area contributed by atoms with Crippen LogP contribution in [0.4, 0.5) is 0 Å². The molecule has 6 heteroatoms. The van der Waals surface area contributed by atoms with Gasteiger partial charge in [0.25, 0.3) is 10.0 Å². The van der Waals surface area contributed by atoms with Gasteiger partial charge in [-0.25, -0.2) is 0 Å².